The van der Waals surface area contributed by atoms with Crippen molar-refractivity contribution in [1.82, 2.24) is 0 Å². The van der Waals surface area contributed by atoms with E-state index in [1.807, 2.05) is 0 Å². The molecule has 5 saturated carbocycles. The first kappa shape index (κ1) is 7.00. The zero-order valence-electron chi connectivity index (χ0n) is 8.18. The quantitative estimate of drug-likeness (QED) is 0.610. The Hall–Kier alpha value is -0.370. The van der Waals surface area contributed by atoms with Crippen molar-refractivity contribution >= 4 is 5.78 Å². The molecule has 2 bridgehead atoms. The van der Waals surface area contributed by atoms with Gasteiger partial charge >= 0.3 is 0 Å². The fourth-order valence-electron chi connectivity index (χ4n) is 6.73. The van der Waals surface area contributed by atoms with E-state index in [2.05, 4.69) is 6.92 Å². The lowest BCUT2D eigenvalue weighted by Gasteiger charge is -2.50. The third-order valence-corrected chi connectivity index (χ3v) is 6.72. The minimum absolute atomic E-state index is 0.212. The van der Waals surface area contributed by atoms with Crippen LogP contribution in [0.15, 0.2) is 0 Å². The van der Waals surface area contributed by atoms with Gasteiger partial charge in [0.2, 0.25) is 0 Å². The van der Waals surface area contributed by atoms with E-state index in [4.69, 9.17) is 0 Å². The molecule has 0 aromatic carbocycles. The molecule has 5 aliphatic rings. The number of carbonyl (C=O) groups excluding carboxylic acids is 1. The molecule has 74 valence electrons. The number of fused-ring (bicyclic) bond motifs is 3. The Balaban J connectivity index is 1.79. The van der Waals surface area contributed by atoms with Gasteiger partial charge in [0.05, 0.1) is 0 Å². The Morgan fingerprint density at radius 1 is 1.43 bits per heavy atom. The zero-order valence-corrected chi connectivity index (χ0v) is 8.18. The third-order valence-electron chi connectivity index (χ3n) is 6.72. The summed E-state index contributed by atoms with van der Waals surface area (Å²) in [5.41, 5.74) is 0.470. The lowest BCUT2D eigenvalue weighted by molar-refractivity contribution is -0.130. The predicted molar refractivity (Wildman–Crippen MR) is 48.2 cm³/mol. The number of carbonyl (C=O) groups is 1. The topological polar surface area (TPSA) is 37.3 Å². The zero-order chi connectivity index (χ0) is 9.40. The van der Waals surface area contributed by atoms with Gasteiger partial charge in [0.25, 0.3) is 0 Å². The summed E-state index contributed by atoms with van der Waals surface area (Å²) in [5, 5.41) is 9.97. The van der Waals surface area contributed by atoms with E-state index in [0.717, 1.165) is 17.8 Å². The van der Waals surface area contributed by atoms with E-state index in [0.29, 0.717) is 23.2 Å². The largest absolute Gasteiger partial charge is 0.385 e. The Kier molecular flexibility index (Phi) is 0.755. The highest BCUT2D eigenvalue weighted by Crippen LogP contribution is 2.93. The molecular weight excluding hydrogens is 176 g/mol. The standard InChI is InChI=1S/C12H14O2/c1-3-8-4-2-5-7-6(4)10(13)11(14)9(7)12(3,5)8/h3-9,11,14H,2H2,1H3/t3-,4-,5-,6-,7+,8-,9-,11-,12-/m1/s1. The van der Waals surface area contributed by atoms with E-state index < -0.39 is 6.10 Å². The molecule has 0 aromatic heterocycles. The Morgan fingerprint density at radius 2 is 2.21 bits per heavy atom. The molecule has 14 heavy (non-hydrogen) atoms. The van der Waals surface area contributed by atoms with Crippen LogP contribution >= 0.6 is 0 Å². The number of hydrogen-bond donors (Lipinski definition) is 1. The number of hydrogen-bond acceptors (Lipinski definition) is 2. The van der Waals surface area contributed by atoms with Crippen molar-refractivity contribution in [3.8, 4) is 0 Å². The van der Waals surface area contributed by atoms with Gasteiger partial charge in [-0.2, -0.15) is 0 Å². The van der Waals surface area contributed by atoms with E-state index in [9.17, 15) is 9.90 Å². The highest BCUT2D eigenvalue weighted by molar-refractivity contribution is 5.91. The van der Waals surface area contributed by atoms with E-state index >= 15 is 0 Å². The monoisotopic (exact) mass is 190 g/mol. The highest BCUT2D eigenvalue weighted by Gasteiger charge is 2.93. The average molecular weight is 190 g/mol. The molecule has 0 saturated heterocycles. The van der Waals surface area contributed by atoms with Crippen LogP contribution in [0.4, 0.5) is 0 Å². The predicted octanol–water partition coefficient (Wildman–Crippen LogP) is 0.694. The molecule has 0 heterocycles. The summed E-state index contributed by atoms with van der Waals surface area (Å²) in [5.74, 6) is 4.67. The molecule has 0 aromatic rings. The van der Waals surface area contributed by atoms with Crippen molar-refractivity contribution in [2.75, 3.05) is 0 Å². The number of aliphatic hydroxyl groups is 1. The minimum Gasteiger partial charge on any atom is -0.385 e. The molecule has 1 spiro atoms. The van der Waals surface area contributed by atoms with Crippen LogP contribution < -0.4 is 0 Å². The molecule has 0 radical (unpaired) electrons. The Morgan fingerprint density at radius 3 is 2.93 bits per heavy atom. The summed E-state index contributed by atoms with van der Waals surface area (Å²) in [7, 11) is 0. The van der Waals surface area contributed by atoms with Crippen LogP contribution in [0.5, 0.6) is 0 Å². The summed E-state index contributed by atoms with van der Waals surface area (Å²) < 4.78 is 0. The van der Waals surface area contributed by atoms with Crippen LogP contribution in [-0.2, 0) is 4.79 Å². The summed E-state index contributed by atoms with van der Waals surface area (Å²) in [6.45, 7) is 2.35. The van der Waals surface area contributed by atoms with E-state index in [-0.39, 0.29) is 11.7 Å². The van der Waals surface area contributed by atoms with Gasteiger partial charge in [-0.15, -0.1) is 0 Å². The molecule has 5 rings (SSSR count). The molecule has 0 aliphatic heterocycles. The van der Waals surface area contributed by atoms with Crippen molar-refractivity contribution in [3.05, 3.63) is 0 Å². The molecule has 2 heteroatoms. The second-order valence-electron chi connectivity index (χ2n) is 6.30. The summed E-state index contributed by atoms with van der Waals surface area (Å²) in [6, 6.07) is 0. The second-order valence-corrected chi connectivity index (χ2v) is 6.30. The SMILES string of the molecule is C[C@@H]1[C@@H]2[C@@H]3C[C@@H]4[C@H]5[C@@H]3C(=O)[C@H](O)[C@@H]5[C@]214. The first-order chi connectivity index (χ1) is 6.70. The average Bonchev–Trinajstić information content (AvgIpc) is 2.50. The van der Waals surface area contributed by atoms with Gasteiger partial charge in [-0.05, 0) is 41.4 Å². The fourth-order valence-corrected chi connectivity index (χ4v) is 6.73. The summed E-state index contributed by atoms with van der Waals surface area (Å²) in [4.78, 5) is 11.9. The Labute approximate surface area is 82.7 Å². The normalized spacial score (nSPS) is 80.3. The van der Waals surface area contributed by atoms with Gasteiger partial charge in [0.15, 0.2) is 5.78 Å². The number of ketones is 1. The van der Waals surface area contributed by atoms with Crippen molar-refractivity contribution in [2.45, 2.75) is 19.4 Å². The molecule has 5 aliphatic carbocycles. The number of aliphatic hydroxyl groups excluding tert-OH is 1. The number of Topliss-reactive ketones (excluding diaryl/α,β-unsaturated/α-hetero) is 1. The second kappa shape index (κ2) is 1.51. The van der Waals surface area contributed by atoms with Crippen LogP contribution in [0.1, 0.15) is 13.3 Å². The van der Waals surface area contributed by atoms with Gasteiger partial charge in [-0.3, -0.25) is 4.79 Å². The highest BCUT2D eigenvalue weighted by atomic mass is 16.3. The maximum Gasteiger partial charge on any atom is 0.165 e. The molecule has 0 amide bonds. The van der Waals surface area contributed by atoms with Gasteiger partial charge < -0.3 is 5.11 Å². The lowest BCUT2D eigenvalue weighted by atomic mass is 9.53. The molecule has 9 atom stereocenters. The fraction of sp³-hybridized carbons (Fsp3) is 0.917. The van der Waals surface area contributed by atoms with Gasteiger partial charge in [-0.1, -0.05) is 6.92 Å². The first-order valence-electron chi connectivity index (χ1n) is 5.92. The molecule has 2 nitrogen and oxygen atoms in total. The van der Waals surface area contributed by atoms with Crippen LogP contribution in [0, 0.1) is 46.8 Å². The Bertz CT molecular complexity index is 380. The maximum atomic E-state index is 11.9. The first-order valence-corrected chi connectivity index (χ1v) is 5.92. The maximum absolute atomic E-state index is 11.9. The third kappa shape index (κ3) is 0.346. The number of rotatable bonds is 0. The van der Waals surface area contributed by atoms with Crippen molar-refractivity contribution in [1.29, 1.82) is 0 Å². The minimum atomic E-state index is -0.570. The van der Waals surface area contributed by atoms with Crippen LogP contribution in [0.25, 0.3) is 0 Å². The summed E-state index contributed by atoms with van der Waals surface area (Å²) in [6.07, 6.45) is 0.748. The smallest absolute Gasteiger partial charge is 0.165 e. The van der Waals surface area contributed by atoms with Gasteiger partial charge in [0.1, 0.15) is 6.10 Å². The molecular formula is C12H14O2. The van der Waals surface area contributed by atoms with Crippen LogP contribution in [0.3, 0.4) is 0 Å². The van der Waals surface area contributed by atoms with Crippen molar-refractivity contribution in [3.63, 3.8) is 0 Å². The molecule has 1 N–H and O–H groups in total. The lowest BCUT2D eigenvalue weighted by Crippen LogP contribution is -2.50. The van der Waals surface area contributed by atoms with E-state index in [1.165, 1.54) is 6.42 Å². The van der Waals surface area contributed by atoms with Gasteiger partial charge in [-0.25, -0.2) is 0 Å². The summed E-state index contributed by atoms with van der Waals surface area (Å²) >= 11 is 0. The van der Waals surface area contributed by atoms with Crippen LogP contribution in [0.2, 0.25) is 0 Å². The van der Waals surface area contributed by atoms with Crippen molar-refractivity contribution in [2.24, 2.45) is 46.8 Å². The van der Waals surface area contributed by atoms with E-state index in [1.54, 1.807) is 0 Å². The molecule has 0 unspecified atom stereocenters. The van der Waals surface area contributed by atoms with Crippen LogP contribution in [-0.4, -0.2) is 17.0 Å². The van der Waals surface area contributed by atoms with Gasteiger partial charge in [0, 0.05) is 11.8 Å². The molecule has 5 fully saturated rings. The van der Waals surface area contributed by atoms with Crippen molar-refractivity contribution < 1.29 is 9.90 Å².